The van der Waals surface area contributed by atoms with Gasteiger partial charge < -0.3 is 25.4 Å². The average Bonchev–Trinajstić information content (AvgIpc) is 2.65. The number of hydrogen-bond acceptors (Lipinski definition) is 5. The van der Waals surface area contributed by atoms with E-state index in [2.05, 4.69) is 29.4 Å². The van der Waals surface area contributed by atoms with E-state index < -0.39 is 5.60 Å². The van der Waals surface area contributed by atoms with Gasteiger partial charge in [-0.15, -0.1) is 24.0 Å². The number of guanidine groups is 1. The highest BCUT2D eigenvalue weighted by molar-refractivity contribution is 14.0. The van der Waals surface area contributed by atoms with Crippen LogP contribution in [0.15, 0.2) is 4.99 Å². The largest absolute Gasteiger partial charge is 0.444 e. The van der Waals surface area contributed by atoms with Crippen molar-refractivity contribution in [2.75, 3.05) is 59.0 Å². The topological polar surface area (TPSA) is 89.4 Å². The van der Waals surface area contributed by atoms with Crippen molar-refractivity contribution >= 4 is 36.0 Å². The molecule has 1 saturated heterocycles. The van der Waals surface area contributed by atoms with Gasteiger partial charge in [0.1, 0.15) is 5.60 Å². The number of carbonyl (C=O) groups is 1. The van der Waals surface area contributed by atoms with Gasteiger partial charge in [0.15, 0.2) is 5.96 Å². The number of nitrogens with zero attached hydrogens (tertiary/aromatic N) is 3. The van der Waals surface area contributed by atoms with Gasteiger partial charge in [-0.3, -0.25) is 9.89 Å². The zero-order chi connectivity index (χ0) is 21.7. The number of nitrogens with one attached hydrogen (secondary N) is 2. The molecule has 9 heteroatoms. The Bertz CT molecular complexity index is 486. The molecule has 0 aliphatic carbocycles. The van der Waals surface area contributed by atoms with Gasteiger partial charge in [-0.05, 0) is 46.5 Å². The van der Waals surface area contributed by atoms with Crippen molar-refractivity contribution < 1.29 is 14.6 Å². The number of carbonyl (C=O) groups excluding carboxylic acids is 1. The van der Waals surface area contributed by atoms with E-state index in [4.69, 9.17) is 9.73 Å². The molecule has 0 aromatic rings. The van der Waals surface area contributed by atoms with E-state index in [0.717, 1.165) is 64.5 Å². The van der Waals surface area contributed by atoms with Crippen LogP contribution in [0.1, 0.15) is 53.9 Å². The Balaban J connectivity index is 0.00000841. The highest BCUT2D eigenvalue weighted by Gasteiger charge is 2.25. The molecule has 1 heterocycles. The summed E-state index contributed by atoms with van der Waals surface area (Å²) in [5, 5.41) is 15.9. The van der Waals surface area contributed by atoms with Crippen LogP contribution in [0.3, 0.4) is 0 Å². The minimum atomic E-state index is -0.451. The molecule has 8 nitrogen and oxygen atoms in total. The SMILES string of the molecule is CCCC(CCO)CN=C(NCC)NCCN1CCN(C(=O)OC(C)(C)C)CC1.I. The third-order valence-corrected chi connectivity index (χ3v) is 4.83. The van der Waals surface area contributed by atoms with Crippen LogP contribution >= 0.6 is 24.0 Å². The number of aliphatic imine (C=N–C) groups is 1. The average molecular weight is 542 g/mol. The van der Waals surface area contributed by atoms with Gasteiger partial charge in [0, 0.05) is 59.0 Å². The summed E-state index contributed by atoms with van der Waals surface area (Å²) in [5.41, 5.74) is -0.451. The van der Waals surface area contributed by atoms with Gasteiger partial charge in [-0.25, -0.2) is 4.79 Å². The molecule has 0 aromatic heterocycles. The summed E-state index contributed by atoms with van der Waals surface area (Å²) in [5.74, 6) is 1.26. The molecule has 178 valence electrons. The quantitative estimate of drug-likeness (QED) is 0.224. The van der Waals surface area contributed by atoms with Crippen LogP contribution < -0.4 is 10.6 Å². The number of aliphatic hydroxyl groups excluding tert-OH is 1. The van der Waals surface area contributed by atoms with E-state index in [-0.39, 0.29) is 36.7 Å². The Morgan fingerprint density at radius 2 is 1.80 bits per heavy atom. The minimum absolute atomic E-state index is 0. The first kappa shape index (κ1) is 29.2. The second-order valence-corrected chi connectivity index (χ2v) is 8.62. The molecule has 1 amide bonds. The number of hydrogen-bond donors (Lipinski definition) is 3. The van der Waals surface area contributed by atoms with Crippen LogP contribution in [-0.2, 0) is 4.74 Å². The molecular weight excluding hydrogens is 497 g/mol. The summed E-state index contributed by atoms with van der Waals surface area (Å²) in [4.78, 5) is 21.0. The Morgan fingerprint density at radius 3 is 2.33 bits per heavy atom. The van der Waals surface area contributed by atoms with E-state index >= 15 is 0 Å². The third-order valence-electron chi connectivity index (χ3n) is 4.83. The standard InChI is InChI=1S/C21H43N5O3.HI/c1-6-8-18(9-16-27)17-24-19(22-7-2)23-10-11-25-12-14-26(15-13-25)20(28)29-21(3,4)5;/h18,27H,6-17H2,1-5H3,(H2,22,23,24);1H. The minimum Gasteiger partial charge on any atom is -0.444 e. The van der Waals surface area contributed by atoms with E-state index in [1.165, 1.54) is 0 Å². The molecule has 1 aliphatic heterocycles. The van der Waals surface area contributed by atoms with Crippen LogP contribution in [0, 0.1) is 5.92 Å². The molecule has 3 N–H and O–H groups in total. The molecule has 0 aromatic carbocycles. The lowest BCUT2D eigenvalue weighted by Gasteiger charge is -2.35. The molecule has 1 unspecified atom stereocenters. The van der Waals surface area contributed by atoms with E-state index in [1.54, 1.807) is 4.90 Å². The Kier molecular flexibility index (Phi) is 15.5. The van der Waals surface area contributed by atoms with Gasteiger partial charge in [0.05, 0.1) is 0 Å². The van der Waals surface area contributed by atoms with Crippen molar-refractivity contribution in [2.24, 2.45) is 10.9 Å². The predicted molar refractivity (Wildman–Crippen MR) is 134 cm³/mol. The molecular formula is C21H44IN5O3. The van der Waals surface area contributed by atoms with Crippen LogP contribution in [0.5, 0.6) is 0 Å². The molecule has 0 saturated carbocycles. The van der Waals surface area contributed by atoms with Crippen molar-refractivity contribution in [3.8, 4) is 0 Å². The fourth-order valence-corrected chi connectivity index (χ4v) is 3.29. The van der Waals surface area contributed by atoms with Crippen molar-refractivity contribution in [2.45, 2.75) is 59.5 Å². The lowest BCUT2D eigenvalue weighted by Crippen LogP contribution is -2.51. The number of ether oxygens (including phenoxy) is 1. The first-order valence-corrected chi connectivity index (χ1v) is 11.1. The molecule has 0 spiro atoms. The van der Waals surface area contributed by atoms with Gasteiger partial charge in [-0.1, -0.05) is 13.3 Å². The van der Waals surface area contributed by atoms with E-state index in [1.807, 2.05) is 20.8 Å². The Morgan fingerprint density at radius 1 is 1.13 bits per heavy atom. The lowest BCUT2D eigenvalue weighted by molar-refractivity contribution is 0.0147. The lowest BCUT2D eigenvalue weighted by atomic mass is 10.0. The zero-order valence-corrected chi connectivity index (χ0v) is 21.9. The smallest absolute Gasteiger partial charge is 0.410 e. The molecule has 0 bridgehead atoms. The van der Waals surface area contributed by atoms with Crippen LogP contribution in [0.4, 0.5) is 4.79 Å². The summed E-state index contributed by atoms with van der Waals surface area (Å²) in [7, 11) is 0. The van der Waals surface area contributed by atoms with Crippen LogP contribution in [0.25, 0.3) is 0 Å². The van der Waals surface area contributed by atoms with Gasteiger partial charge in [-0.2, -0.15) is 0 Å². The number of aliphatic hydroxyl groups is 1. The van der Waals surface area contributed by atoms with Crippen LogP contribution in [0.2, 0.25) is 0 Å². The highest BCUT2D eigenvalue weighted by atomic mass is 127. The summed E-state index contributed by atoms with van der Waals surface area (Å²) >= 11 is 0. The number of halogens is 1. The monoisotopic (exact) mass is 541 g/mol. The predicted octanol–water partition coefficient (Wildman–Crippen LogP) is 2.51. The molecule has 1 rings (SSSR count). The summed E-state index contributed by atoms with van der Waals surface area (Å²) in [6, 6.07) is 0. The maximum atomic E-state index is 12.1. The fraction of sp³-hybridized carbons (Fsp3) is 0.905. The second-order valence-electron chi connectivity index (χ2n) is 8.62. The van der Waals surface area contributed by atoms with Crippen molar-refractivity contribution in [3.63, 3.8) is 0 Å². The highest BCUT2D eigenvalue weighted by Crippen LogP contribution is 2.12. The van der Waals surface area contributed by atoms with Crippen molar-refractivity contribution in [1.82, 2.24) is 20.4 Å². The molecule has 0 radical (unpaired) electrons. The second kappa shape index (κ2) is 15.9. The number of piperazine rings is 1. The summed E-state index contributed by atoms with van der Waals surface area (Å²) in [6.45, 7) is 16.5. The van der Waals surface area contributed by atoms with Gasteiger partial charge in [0.2, 0.25) is 0 Å². The Hall–Kier alpha value is -0.810. The first-order valence-electron chi connectivity index (χ1n) is 11.1. The number of amides is 1. The fourth-order valence-electron chi connectivity index (χ4n) is 3.29. The maximum absolute atomic E-state index is 12.1. The van der Waals surface area contributed by atoms with Crippen LogP contribution in [-0.4, -0.2) is 91.5 Å². The van der Waals surface area contributed by atoms with Gasteiger partial charge >= 0.3 is 6.09 Å². The zero-order valence-electron chi connectivity index (χ0n) is 19.6. The Labute approximate surface area is 200 Å². The maximum Gasteiger partial charge on any atom is 0.410 e. The molecule has 1 atom stereocenters. The number of rotatable bonds is 10. The van der Waals surface area contributed by atoms with Gasteiger partial charge in [0.25, 0.3) is 0 Å². The van der Waals surface area contributed by atoms with Crippen molar-refractivity contribution in [3.05, 3.63) is 0 Å². The molecule has 30 heavy (non-hydrogen) atoms. The normalized spacial score (nSPS) is 16.6. The molecule has 1 fully saturated rings. The molecule has 1 aliphatic rings. The first-order chi connectivity index (χ1) is 13.8. The summed E-state index contributed by atoms with van der Waals surface area (Å²) < 4.78 is 5.45. The third kappa shape index (κ3) is 12.8. The van der Waals surface area contributed by atoms with E-state index in [0.29, 0.717) is 19.0 Å². The van der Waals surface area contributed by atoms with Crippen molar-refractivity contribution in [1.29, 1.82) is 0 Å². The van der Waals surface area contributed by atoms with E-state index in [9.17, 15) is 9.90 Å². The summed E-state index contributed by atoms with van der Waals surface area (Å²) in [6.07, 6.45) is 2.78.